The molecule has 11 heteroatoms. The van der Waals surface area contributed by atoms with Gasteiger partial charge in [-0.15, -0.1) is 5.10 Å². The minimum absolute atomic E-state index is 0.00362. The van der Waals surface area contributed by atoms with E-state index >= 15 is 0 Å². The topological polar surface area (TPSA) is 127 Å². The minimum Gasteiger partial charge on any atom is -0.456 e. The van der Waals surface area contributed by atoms with Gasteiger partial charge in [0, 0.05) is 30.8 Å². The van der Waals surface area contributed by atoms with E-state index in [-0.39, 0.29) is 24.4 Å². The van der Waals surface area contributed by atoms with Gasteiger partial charge in [0.25, 0.3) is 0 Å². The normalized spacial score (nSPS) is 23.5. The zero-order valence-corrected chi connectivity index (χ0v) is 18.5. The molecule has 174 valence electrons. The van der Waals surface area contributed by atoms with Crippen molar-refractivity contribution in [2.24, 2.45) is 11.8 Å². The van der Waals surface area contributed by atoms with Crippen molar-refractivity contribution in [2.75, 3.05) is 32.8 Å². The molecule has 2 saturated heterocycles. The molecule has 33 heavy (non-hydrogen) atoms. The van der Waals surface area contributed by atoms with Crippen LogP contribution in [-0.2, 0) is 14.3 Å². The number of nitrogens with zero attached hydrogens (tertiary/aromatic N) is 7. The molecule has 3 aliphatic rings. The summed E-state index contributed by atoms with van der Waals surface area (Å²) < 4.78 is 6.54. The molecule has 2 aromatic heterocycles. The third-order valence-electron chi connectivity index (χ3n) is 7.02. The Morgan fingerprint density at radius 3 is 2.64 bits per heavy atom. The Hall–Kier alpha value is -3.18. The van der Waals surface area contributed by atoms with Gasteiger partial charge in [-0.2, -0.15) is 4.68 Å². The highest BCUT2D eigenvalue weighted by atomic mass is 16.5. The SMILES string of the molecule is CC1=C(N2CCC(C3CCN(C[C@@H](O)c4ccc(-n5cnnn5)nc4)CC3)C2=O)COC1=O. The van der Waals surface area contributed by atoms with E-state index in [0.717, 1.165) is 43.6 Å². The first kappa shape index (κ1) is 21.7. The largest absolute Gasteiger partial charge is 0.456 e. The Kier molecular flexibility index (Phi) is 5.90. The van der Waals surface area contributed by atoms with E-state index in [1.165, 1.54) is 11.0 Å². The lowest BCUT2D eigenvalue weighted by atomic mass is 9.83. The summed E-state index contributed by atoms with van der Waals surface area (Å²) in [4.78, 5) is 33.0. The number of cyclic esters (lactones) is 1. The van der Waals surface area contributed by atoms with Crippen molar-refractivity contribution >= 4 is 11.9 Å². The molecule has 0 spiro atoms. The lowest BCUT2D eigenvalue weighted by Crippen LogP contribution is -2.40. The Morgan fingerprint density at radius 2 is 2.00 bits per heavy atom. The van der Waals surface area contributed by atoms with Gasteiger partial charge in [-0.3, -0.25) is 4.79 Å². The number of β-amino-alcohol motifs (C(OH)–C–C–N with tert-alkyl or cyclic N) is 1. The Balaban J connectivity index is 1.13. The number of tetrazole rings is 1. The van der Waals surface area contributed by atoms with Crippen LogP contribution in [0.2, 0.25) is 0 Å². The number of aromatic nitrogens is 5. The van der Waals surface area contributed by atoms with Crippen molar-refractivity contribution in [1.29, 1.82) is 0 Å². The predicted octanol–water partition coefficient (Wildman–Crippen LogP) is 0.482. The molecule has 5 heterocycles. The highest BCUT2D eigenvalue weighted by Crippen LogP contribution is 2.36. The fraction of sp³-hybridized carbons (Fsp3) is 0.545. The van der Waals surface area contributed by atoms with E-state index in [1.807, 2.05) is 6.07 Å². The Morgan fingerprint density at radius 1 is 1.18 bits per heavy atom. The smallest absolute Gasteiger partial charge is 0.336 e. The van der Waals surface area contributed by atoms with Crippen molar-refractivity contribution < 1.29 is 19.4 Å². The summed E-state index contributed by atoms with van der Waals surface area (Å²) in [6.45, 7) is 4.78. The molecule has 1 N–H and O–H groups in total. The van der Waals surface area contributed by atoms with Gasteiger partial charge in [-0.05, 0) is 61.7 Å². The molecule has 3 aliphatic heterocycles. The van der Waals surface area contributed by atoms with Crippen LogP contribution < -0.4 is 0 Å². The number of carbonyl (C=O) groups excluding carboxylic acids is 2. The lowest BCUT2D eigenvalue weighted by Gasteiger charge is -2.35. The van der Waals surface area contributed by atoms with Gasteiger partial charge in [0.05, 0.1) is 17.4 Å². The fourth-order valence-electron chi connectivity index (χ4n) is 5.04. The van der Waals surface area contributed by atoms with Crippen molar-refractivity contribution in [1.82, 2.24) is 35.0 Å². The van der Waals surface area contributed by atoms with Gasteiger partial charge >= 0.3 is 5.97 Å². The van der Waals surface area contributed by atoms with E-state index in [9.17, 15) is 14.7 Å². The van der Waals surface area contributed by atoms with Crippen LogP contribution >= 0.6 is 0 Å². The lowest BCUT2D eigenvalue weighted by molar-refractivity contribution is -0.136. The van der Waals surface area contributed by atoms with E-state index in [0.29, 0.717) is 30.4 Å². The van der Waals surface area contributed by atoms with Crippen LogP contribution in [0.3, 0.4) is 0 Å². The molecular weight excluding hydrogens is 426 g/mol. The van der Waals surface area contributed by atoms with Crippen molar-refractivity contribution in [3.8, 4) is 5.82 Å². The third kappa shape index (κ3) is 4.25. The van der Waals surface area contributed by atoms with Crippen molar-refractivity contribution in [2.45, 2.75) is 32.3 Å². The number of pyridine rings is 1. The fourth-order valence-corrected chi connectivity index (χ4v) is 5.04. The zero-order valence-electron chi connectivity index (χ0n) is 18.5. The second kappa shape index (κ2) is 8.99. The van der Waals surface area contributed by atoms with Crippen LogP contribution in [0.5, 0.6) is 0 Å². The first-order chi connectivity index (χ1) is 16.0. The molecule has 1 amide bonds. The van der Waals surface area contributed by atoms with Gasteiger partial charge in [0.2, 0.25) is 5.91 Å². The molecule has 0 saturated carbocycles. The van der Waals surface area contributed by atoms with E-state index in [2.05, 4.69) is 25.4 Å². The van der Waals surface area contributed by atoms with E-state index < -0.39 is 6.10 Å². The molecule has 0 aliphatic carbocycles. The number of esters is 1. The first-order valence-corrected chi connectivity index (χ1v) is 11.3. The van der Waals surface area contributed by atoms with Crippen LogP contribution in [0.25, 0.3) is 5.82 Å². The average Bonchev–Trinajstić information content (AvgIpc) is 3.57. The van der Waals surface area contributed by atoms with Gasteiger partial charge in [0.1, 0.15) is 12.9 Å². The molecule has 2 atom stereocenters. The molecular formula is C22H27N7O4. The Bertz CT molecular complexity index is 1050. The number of hydrogen-bond donors (Lipinski definition) is 1. The molecule has 1 unspecified atom stereocenters. The minimum atomic E-state index is -0.643. The van der Waals surface area contributed by atoms with Crippen molar-refractivity contribution in [3.05, 3.63) is 41.5 Å². The number of likely N-dealkylation sites (tertiary alicyclic amines) is 2. The number of hydrogen-bond acceptors (Lipinski definition) is 9. The number of carbonyl (C=O) groups is 2. The standard InChI is InChI=1S/C22H27N7O4/c1-14-18(12-33-22(14)32)28-9-6-17(21(28)31)15-4-7-27(8-5-15)11-19(30)16-2-3-20(23-10-16)29-13-24-25-26-29/h2-3,10,13,15,17,19,30H,4-9,11-12H2,1H3/t17?,19-/m1/s1. The predicted molar refractivity (Wildman–Crippen MR) is 115 cm³/mol. The summed E-state index contributed by atoms with van der Waals surface area (Å²) in [6, 6.07) is 3.61. The molecule has 0 radical (unpaired) electrons. The summed E-state index contributed by atoms with van der Waals surface area (Å²) in [5, 5.41) is 21.7. The van der Waals surface area contributed by atoms with Gasteiger partial charge in [-0.25, -0.2) is 9.78 Å². The number of ether oxygens (including phenoxy) is 1. The van der Waals surface area contributed by atoms with Crippen LogP contribution in [0.1, 0.15) is 37.9 Å². The highest BCUT2D eigenvalue weighted by molar-refractivity contribution is 5.93. The summed E-state index contributed by atoms with van der Waals surface area (Å²) in [6.07, 6.45) is 5.12. The van der Waals surface area contributed by atoms with Crippen LogP contribution in [-0.4, -0.2) is 84.8 Å². The molecule has 5 rings (SSSR count). The van der Waals surface area contributed by atoms with Crippen LogP contribution in [0.15, 0.2) is 35.9 Å². The second-order valence-corrected chi connectivity index (χ2v) is 8.89. The average molecular weight is 454 g/mol. The maximum Gasteiger partial charge on any atom is 0.336 e. The number of aliphatic hydroxyl groups excluding tert-OH is 1. The number of aliphatic hydroxyl groups is 1. The summed E-state index contributed by atoms with van der Waals surface area (Å²) in [7, 11) is 0. The van der Waals surface area contributed by atoms with Crippen LogP contribution in [0, 0.1) is 11.8 Å². The summed E-state index contributed by atoms with van der Waals surface area (Å²) in [5.74, 6) is 0.706. The zero-order chi connectivity index (χ0) is 22.9. The van der Waals surface area contributed by atoms with Crippen molar-refractivity contribution in [3.63, 3.8) is 0 Å². The van der Waals surface area contributed by atoms with E-state index in [1.54, 1.807) is 24.1 Å². The van der Waals surface area contributed by atoms with E-state index in [4.69, 9.17) is 4.74 Å². The van der Waals surface area contributed by atoms with Gasteiger partial charge in [-0.1, -0.05) is 6.07 Å². The molecule has 2 fully saturated rings. The van der Waals surface area contributed by atoms with Crippen LogP contribution in [0.4, 0.5) is 0 Å². The van der Waals surface area contributed by atoms with Gasteiger partial charge < -0.3 is 19.6 Å². The molecule has 2 aromatic rings. The first-order valence-electron chi connectivity index (χ1n) is 11.3. The molecule has 0 bridgehead atoms. The monoisotopic (exact) mass is 453 g/mol. The molecule has 11 nitrogen and oxygen atoms in total. The highest BCUT2D eigenvalue weighted by Gasteiger charge is 2.41. The number of piperidine rings is 1. The maximum absolute atomic E-state index is 13.1. The second-order valence-electron chi connectivity index (χ2n) is 8.89. The third-order valence-corrected chi connectivity index (χ3v) is 7.02. The Labute approximate surface area is 191 Å². The number of rotatable bonds is 6. The number of amides is 1. The molecule has 0 aromatic carbocycles. The maximum atomic E-state index is 13.1. The quantitative estimate of drug-likeness (QED) is 0.622. The summed E-state index contributed by atoms with van der Waals surface area (Å²) >= 11 is 0. The summed E-state index contributed by atoms with van der Waals surface area (Å²) in [5.41, 5.74) is 2.02. The van der Waals surface area contributed by atoms with Gasteiger partial charge in [0.15, 0.2) is 5.82 Å².